The minimum atomic E-state index is -0.663. The first kappa shape index (κ1) is 21.3. The van der Waals surface area contributed by atoms with Crippen LogP contribution >= 0.6 is 11.3 Å². The van der Waals surface area contributed by atoms with Gasteiger partial charge in [0, 0.05) is 5.69 Å². The summed E-state index contributed by atoms with van der Waals surface area (Å²) in [6.07, 6.45) is -0.300. The monoisotopic (exact) mass is 448 g/mol. The number of hydrogen-bond donors (Lipinski definition) is 2. The maximum atomic E-state index is 12.3. The van der Waals surface area contributed by atoms with Crippen LogP contribution in [-0.4, -0.2) is 28.7 Å². The van der Waals surface area contributed by atoms with Crippen molar-refractivity contribution >= 4 is 29.0 Å². The van der Waals surface area contributed by atoms with Crippen LogP contribution in [0.2, 0.25) is 0 Å². The number of para-hydroxylation sites is 1. The SMILES string of the molecule is O=C(CNC(=O)OCc1ccccc1)Nc1ccccc1Cc1nc(-c2cccs2)no1. The first-order valence-corrected chi connectivity index (χ1v) is 10.7. The van der Waals surface area contributed by atoms with Crippen LogP contribution < -0.4 is 10.6 Å². The van der Waals surface area contributed by atoms with Crippen molar-refractivity contribution in [3.05, 3.63) is 89.1 Å². The number of rotatable bonds is 8. The number of carbonyl (C=O) groups excluding carboxylic acids is 2. The lowest BCUT2D eigenvalue weighted by Gasteiger charge is -2.11. The molecule has 32 heavy (non-hydrogen) atoms. The molecule has 162 valence electrons. The minimum absolute atomic E-state index is 0.134. The van der Waals surface area contributed by atoms with Crippen molar-refractivity contribution in [3.8, 4) is 10.7 Å². The third kappa shape index (κ3) is 5.79. The fourth-order valence-electron chi connectivity index (χ4n) is 2.91. The zero-order valence-electron chi connectivity index (χ0n) is 17.0. The van der Waals surface area contributed by atoms with E-state index in [0.29, 0.717) is 23.8 Å². The van der Waals surface area contributed by atoms with E-state index < -0.39 is 6.09 Å². The van der Waals surface area contributed by atoms with E-state index in [9.17, 15) is 9.59 Å². The van der Waals surface area contributed by atoms with Crippen molar-refractivity contribution in [1.82, 2.24) is 15.5 Å². The number of nitrogens with zero attached hydrogens (tertiary/aromatic N) is 2. The van der Waals surface area contributed by atoms with Gasteiger partial charge in [-0.25, -0.2) is 4.79 Å². The molecule has 2 aromatic heterocycles. The Kier molecular flexibility index (Phi) is 6.88. The lowest BCUT2D eigenvalue weighted by molar-refractivity contribution is -0.115. The van der Waals surface area contributed by atoms with Crippen molar-refractivity contribution in [2.75, 3.05) is 11.9 Å². The van der Waals surface area contributed by atoms with E-state index in [4.69, 9.17) is 9.26 Å². The molecule has 0 saturated heterocycles. The average molecular weight is 449 g/mol. The highest BCUT2D eigenvalue weighted by Gasteiger charge is 2.14. The summed E-state index contributed by atoms with van der Waals surface area (Å²) < 4.78 is 10.5. The van der Waals surface area contributed by atoms with Gasteiger partial charge in [-0.2, -0.15) is 4.98 Å². The zero-order chi connectivity index (χ0) is 22.2. The van der Waals surface area contributed by atoms with E-state index in [1.807, 2.05) is 66.0 Å². The van der Waals surface area contributed by atoms with Crippen LogP contribution in [0.5, 0.6) is 0 Å². The standard InChI is InChI=1S/C23H20N4O4S/c28-20(14-24-23(29)30-15-16-7-2-1-3-8-16)25-18-10-5-4-9-17(18)13-21-26-22(27-31-21)19-11-6-12-32-19/h1-12H,13-15H2,(H,24,29)(H,25,28). The Balaban J connectivity index is 1.30. The molecule has 2 N–H and O–H groups in total. The van der Waals surface area contributed by atoms with Gasteiger partial charge in [-0.1, -0.05) is 59.8 Å². The molecule has 0 saturated carbocycles. The summed E-state index contributed by atoms with van der Waals surface area (Å²) in [4.78, 5) is 29.5. The molecule has 0 aliphatic carbocycles. The molecule has 0 aliphatic heterocycles. The number of aromatic nitrogens is 2. The second-order valence-electron chi connectivity index (χ2n) is 6.79. The summed E-state index contributed by atoms with van der Waals surface area (Å²) in [7, 11) is 0. The van der Waals surface area contributed by atoms with Crippen LogP contribution in [0.3, 0.4) is 0 Å². The van der Waals surface area contributed by atoms with Crippen molar-refractivity contribution in [1.29, 1.82) is 0 Å². The van der Waals surface area contributed by atoms with Crippen molar-refractivity contribution in [3.63, 3.8) is 0 Å². The fraction of sp³-hybridized carbons (Fsp3) is 0.130. The summed E-state index contributed by atoms with van der Waals surface area (Å²) in [5.41, 5.74) is 2.28. The molecule has 4 aromatic rings. The summed E-state index contributed by atoms with van der Waals surface area (Å²) in [5.74, 6) is 0.603. The normalized spacial score (nSPS) is 10.5. The van der Waals surface area contributed by atoms with Crippen molar-refractivity contribution in [2.45, 2.75) is 13.0 Å². The van der Waals surface area contributed by atoms with E-state index in [1.54, 1.807) is 6.07 Å². The Morgan fingerprint density at radius 2 is 1.81 bits per heavy atom. The molecule has 0 radical (unpaired) electrons. The molecule has 0 unspecified atom stereocenters. The highest BCUT2D eigenvalue weighted by Crippen LogP contribution is 2.23. The van der Waals surface area contributed by atoms with Gasteiger partial charge >= 0.3 is 6.09 Å². The van der Waals surface area contributed by atoms with E-state index in [2.05, 4.69) is 20.8 Å². The fourth-order valence-corrected chi connectivity index (χ4v) is 3.56. The first-order chi connectivity index (χ1) is 15.7. The summed E-state index contributed by atoms with van der Waals surface area (Å²) in [6, 6.07) is 20.5. The highest BCUT2D eigenvalue weighted by atomic mass is 32.1. The number of hydrogen-bond acceptors (Lipinski definition) is 7. The third-order valence-corrected chi connectivity index (χ3v) is 5.31. The van der Waals surface area contributed by atoms with E-state index >= 15 is 0 Å². The number of ether oxygens (including phenoxy) is 1. The van der Waals surface area contributed by atoms with Crippen LogP contribution in [0.15, 0.2) is 76.6 Å². The lowest BCUT2D eigenvalue weighted by Crippen LogP contribution is -2.33. The molecule has 2 amide bonds. The molecule has 4 rings (SSSR count). The smallest absolute Gasteiger partial charge is 0.407 e. The van der Waals surface area contributed by atoms with Gasteiger partial charge in [0.05, 0.1) is 11.3 Å². The molecule has 2 heterocycles. The number of benzene rings is 2. The summed E-state index contributed by atoms with van der Waals surface area (Å²) in [6.45, 7) is -0.0835. The molecular weight excluding hydrogens is 428 g/mol. The number of carbonyl (C=O) groups is 2. The largest absolute Gasteiger partial charge is 0.445 e. The van der Waals surface area contributed by atoms with Crippen LogP contribution in [-0.2, 0) is 22.6 Å². The molecule has 9 heteroatoms. The third-order valence-electron chi connectivity index (χ3n) is 4.45. The van der Waals surface area contributed by atoms with Gasteiger partial charge in [0.25, 0.3) is 0 Å². The highest BCUT2D eigenvalue weighted by molar-refractivity contribution is 7.13. The molecule has 0 bridgehead atoms. The van der Waals surface area contributed by atoms with Crippen LogP contribution in [0, 0.1) is 0 Å². The maximum absolute atomic E-state index is 12.3. The summed E-state index contributed by atoms with van der Waals surface area (Å²) >= 11 is 1.53. The Bertz CT molecular complexity index is 1180. The molecular formula is C23H20N4O4S. The molecule has 0 spiro atoms. The Hall–Kier alpha value is -3.98. The molecule has 2 aromatic carbocycles. The van der Waals surface area contributed by atoms with E-state index in [0.717, 1.165) is 16.0 Å². The van der Waals surface area contributed by atoms with E-state index in [-0.39, 0.29) is 19.1 Å². The number of amides is 2. The second-order valence-corrected chi connectivity index (χ2v) is 7.73. The van der Waals surface area contributed by atoms with Crippen molar-refractivity contribution in [2.24, 2.45) is 0 Å². The Labute approximate surface area is 188 Å². The number of anilines is 1. The molecule has 0 atom stereocenters. The zero-order valence-corrected chi connectivity index (χ0v) is 17.8. The van der Waals surface area contributed by atoms with Gasteiger partial charge in [-0.05, 0) is 28.6 Å². The lowest BCUT2D eigenvalue weighted by atomic mass is 10.1. The Morgan fingerprint density at radius 1 is 1.00 bits per heavy atom. The topological polar surface area (TPSA) is 106 Å². The van der Waals surface area contributed by atoms with Gasteiger partial charge in [0.1, 0.15) is 13.2 Å². The van der Waals surface area contributed by atoms with Gasteiger partial charge in [0.2, 0.25) is 17.6 Å². The van der Waals surface area contributed by atoms with Crippen molar-refractivity contribution < 1.29 is 18.8 Å². The molecule has 8 nitrogen and oxygen atoms in total. The second kappa shape index (κ2) is 10.4. The summed E-state index contributed by atoms with van der Waals surface area (Å²) in [5, 5.41) is 11.2. The molecule has 0 fully saturated rings. The van der Waals surface area contributed by atoms with Gasteiger partial charge in [-0.15, -0.1) is 11.3 Å². The first-order valence-electron chi connectivity index (χ1n) is 9.86. The number of alkyl carbamates (subject to hydrolysis) is 1. The van der Waals surface area contributed by atoms with Crippen LogP contribution in [0.4, 0.5) is 10.5 Å². The molecule has 0 aliphatic rings. The van der Waals surface area contributed by atoms with Gasteiger partial charge < -0.3 is 19.9 Å². The Morgan fingerprint density at radius 3 is 2.62 bits per heavy atom. The van der Waals surface area contributed by atoms with Gasteiger partial charge in [-0.3, -0.25) is 4.79 Å². The predicted molar refractivity (Wildman–Crippen MR) is 120 cm³/mol. The quantitative estimate of drug-likeness (QED) is 0.417. The predicted octanol–water partition coefficient (Wildman–Crippen LogP) is 4.25. The van der Waals surface area contributed by atoms with Crippen LogP contribution in [0.1, 0.15) is 17.0 Å². The van der Waals surface area contributed by atoms with E-state index in [1.165, 1.54) is 11.3 Å². The van der Waals surface area contributed by atoms with Gasteiger partial charge in [0.15, 0.2) is 0 Å². The van der Waals surface area contributed by atoms with Crippen LogP contribution in [0.25, 0.3) is 10.7 Å². The number of nitrogens with one attached hydrogen (secondary N) is 2. The number of thiophene rings is 1. The minimum Gasteiger partial charge on any atom is -0.445 e. The average Bonchev–Trinajstić information content (AvgIpc) is 3.50. The maximum Gasteiger partial charge on any atom is 0.407 e.